The summed E-state index contributed by atoms with van der Waals surface area (Å²) in [6, 6.07) is 10.1. The van der Waals surface area contributed by atoms with E-state index in [1.807, 2.05) is 19.1 Å². The molecule has 2 nitrogen and oxygen atoms in total. The van der Waals surface area contributed by atoms with E-state index in [0.717, 1.165) is 16.9 Å². The van der Waals surface area contributed by atoms with Gasteiger partial charge in [-0.05, 0) is 48.9 Å². The van der Waals surface area contributed by atoms with Crippen LogP contribution in [0.3, 0.4) is 0 Å². The number of rotatable bonds is 2. The summed E-state index contributed by atoms with van der Waals surface area (Å²) < 4.78 is 13.0. The highest BCUT2D eigenvalue weighted by atomic mass is 35.5. The summed E-state index contributed by atoms with van der Waals surface area (Å²) in [5.74, 6) is -0.425. The van der Waals surface area contributed by atoms with Gasteiger partial charge in [0.05, 0.1) is 5.02 Å². The zero-order valence-electron chi connectivity index (χ0n) is 9.30. The molecule has 0 unspecified atom stereocenters. The maximum Gasteiger partial charge on any atom is 0.141 e. The maximum atomic E-state index is 13.0. The highest BCUT2D eigenvalue weighted by molar-refractivity contribution is 6.31. The van der Waals surface area contributed by atoms with Crippen LogP contribution in [0.25, 0.3) is 0 Å². The first-order chi connectivity index (χ1) is 8.06. The minimum Gasteiger partial charge on any atom is -0.399 e. The fourth-order valence-corrected chi connectivity index (χ4v) is 1.74. The molecule has 0 saturated carbocycles. The quantitative estimate of drug-likeness (QED) is 0.787. The van der Waals surface area contributed by atoms with E-state index in [2.05, 4.69) is 5.32 Å². The number of nitrogen functional groups attached to an aromatic ring is 1. The molecule has 4 heteroatoms. The first-order valence-electron chi connectivity index (χ1n) is 5.14. The van der Waals surface area contributed by atoms with Gasteiger partial charge in [-0.1, -0.05) is 11.6 Å². The lowest BCUT2D eigenvalue weighted by atomic mass is 10.1. The third-order valence-electron chi connectivity index (χ3n) is 2.45. The molecule has 0 radical (unpaired) electrons. The second-order valence-electron chi connectivity index (χ2n) is 3.83. The number of anilines is 3. The Bertz CT molecular complexity index is 555. The van der Waals surface area contributed by atoms with Gasteiger partial charge in [-0.3, -0.25) is 0 Å². The summed E-state index contributed by atoms with van der Waals surface area (Å²) in [5, 5.41) is 3.26. The minimum atomic E-state index is -0.425. The van der Waals surface area contributed by atoms with Crippen molar-refractivity contribution < 1.29 is 4.39 Å². The molecular formula is C13H12ClFN2. The van der Waals surface area contributed by atoms with Gasteiger partial charge in [0.2, 0.25) is 0 Å². The molecule has 2 aromatic rings. The SMILES string of the molecule is Cc1cc(N)ccc1Nc1ccc(F)c(Cl)c1. The number of aryl methyl sites for hydroxylation is 1. The van der Waals surface area contributed by atoms with Crippen molar-refractivity contribution in [2.45, 2.75) is 6.92 Å². The monoisotopic (exact) mass is 250 g/mol. The molecule has 0 aliphatic heterocycles. The van der Waals surface area contributed by atoms with Crippen LogP contribution >= 0.6 is 11.6 Å². The Hall–Kier alpha value is -1.74. The Morgan fingerprint density at radius 2 is 1.94 bits per heavy atom. The van der Waals surface area contributed by atoms with Gasteiger partial charge in [-0.2, -0.15) is 0 Å². The van der Waals surface area contributed by atoms with Crippen LogP contribution in [0.1, 0.15) is 5.56 Å². The first-order valence-corrected chi connectivity index (χ1v) is 5.52. The van der Waals surface area contributed by atoms with Gasteiger partial charge in [0.25, 0.3) is 0 Å². The number of benzene rings is 2. The molecule has 0 heterocycles. The Balaban J connectivity index is 2.28. The van der Waals surface area contributed by atoms with E-state index in [1.165, 1.54) is 6.07 Å². The van der Waals surface area contributed by atoms with Crippen LogP contribution < -0.4 is 11.1 Å². The molecule has 0 bridgehead atoms. The standard InChI is InChI=1S/C13H12ClFN2/c1-8-6-9(16)2-5-13(8)17-10-3-4-12(15)11(14)7-10/h2-7,17H,16H2,1H3. The normalized spacial score (nSPS) is 10.3. The molecule has 88 valence electrons. The Morgan fingerprint density at radius 3 is 2.59 bits per heavy atom. The Labute approximate surface area is 104 Å². The molecular weight excluding hydrogens is 239 g/mol. The predicted molar refractivity (Wildman–Crippen MR) is 70.3 cm³/mol. The van der Waals surface area contributed by atoms with Crippen molar-refractivity contribution >= 4 is 28.7 Å². The molecule has 0 aliphatic rings. The molecule has 0 aromatic heterocycles. The number of nitrogens with one attached hydrogen (secondary N) is 1. The summed E-state index contributed by atoms with van der Waals surface area (Å²) >= 11 is 5.71. The lowest BCUT2D eigenvalue weighted by molar-refractivity contribution is 0.628. The van der Waals surface area contributed by atoms with Gasteiger partial charge >= 0.3 is 0 Å². The van der Waals surface area contributed by atoms with Gasteiger partial charge in [-0.15, -0.1) is 0 Å². The van der Waals surface area contributed by atoms with E-state index in [-0.39, 0.29) is 5.02 Å². The number of hydrogen-bond acceptors (Lipinski definition) is 2. The molecule has 0 spiro atoms. The van der Waals surface area contributed by atoms with Crippen LogP contribution in [0.15, 0.2) is 36.4 Å². The summed E-state index contributed by atoms with van der Waals surface area (Å²) in [6.07, 6.45) is 0. The lowest BCUT2D eigenvalue weighted by Gasteiger charge is -2.10. The van der Waals surface area contributed by atoms with E-state index in [1.54, 1.807) is 18.2 Å². The molecule has 0 fully saturated rings. The smallest absolute Gasteiger partial charge is 0.141 e. The maximum absolute atomic E-state index is 13.0. The average Bonchev–Trinajstić information content (AvgIpc) is 2.27. The molecule has 3 N–H and O–H groups in total. The summed E-state index contributed by atoms with van der Waals surface area (Å²) in [6.45, 7) is 1.95. The van der Waals surface area contributed by atoms with Gasteiger partial charge in [0, 0.05) is 17.1 Å². The number of hydrogen-bond donors (Lipinski definition) is 2. The predicted octanol–water partition coefficient (Wildman–Crippen LogP) is 4.11. The lowest BCUT2D eigenvalue weighted by Crippen LogP contribution is -1.95. The highest BCUT2D eigenvalue weighted by Crippen LogP contribution is 2.25. The fourth-order valence-electron chi connectivity index (χ4n) is 1.56. The van der Waals surface area contributed by atoms with Crippen molar-refractivity contribution in [1.29, 1.82) is 0 Å². The van der Waals surface area contributed by atoms with Gasteiger partial charge < -0.3 is 11.1 Å². The zero-order chi connectivity index (χ0) is 12.4. The molecule has 0 atom stereocenters. The van der Waals surface area contributed by atoms with Crippen LogP contribution in [0.5, 0.6) is 0 Å². The van der Waals surface area contributed by atoms with Crippen LogP contribution in [-0.4, -0.2) is 0 Å². The van der Waals surface area contributed by atoms with Crippen molar-refractivity contribution in [3.05, 3.63) is 52.8 Å². The molecule has 0 saturated heterocycles. The Morgan fingerprint density at radius 1 is 1.18 bits per heavy atom. The fraction of sp³-hybridized carbons (Fsp3) is 0.0769. The second kappa shape index (κ2) is 4.63. The summed E-state index contributed by atoms with van der Waals surface area (Å²) in [7, 11) is 0. The third kappa shape index (κ3) is 2.68. The average molecular weight is 251 g/mol. The first kappa shape index (κ1) is 11.7. The van der Waals surface area contributed by atoms with Gasteiger partial charge in [0.1, 0.15) is 5.82 Å². The second-order valence-corrected chi connectivity index (χ2v) is 4.24. The van der Waals surface area contributed by atoms with Crippen LogP contribution in [0, 0.1) is 12.7 Å². The van der Waals surface area contributed by atoms with Crippen molar-refractivity contribution in [3.63, 3.8) is 0 Å². The molecule has 2 rings (SSSR count). The van der Waals surface area contributed by atoms with E-state index in [4.69, 9.17) is 17.3 Å². The van der Waals surface area contributed by atoms with E-state index >= 15 is 0 Å². The zero-order valence-corrected chi connectivity index (χ0v) is 10.1. The van der Waals surface area contributed by atoms with Crippen molar-refractivity contribution in [3.8, 4) is 0 Å². The number of halogens is 2. The van der Waals surface area contributed by atoms with E-state index < -0.39 is 5.82 Å². The van der Waals surface area contributed by atoms with Crippen molar-refractivity contribution in [2.75, 3.05) is 11.1 Å². The van der Waals surface area contributed by atoms with Gasteiger partial charge in [-0.25, -0.2) is 4.39 Å². The summed E-state index contributed by atoms with van der Waals surface area (Å²) in [5.41, 5.74) is 9.06. The van der Waals surface area contributed by atoms with Crippen LogP contribution in [0.4, 0.5) is 21.5 Å². The third-order valence-corrected chi connectivity index (χ3v) is 2.74. The number of nitrogens with two attached hydrogens (primary N) is 1. The van der Waals surface area contributed by atoms with Crippen LogP contribution in [0.2, 0.25) is 5.02 Å². The van der Waals surface area contributed by atoms with E-state index in [9.17, 15) is 4.39 Å². The largest absolute Gasteiger partial charge is 0.399 e. The van der Waals surface area contributed by atoms with Crippen molar-refractivity contribution in [1.82, 2.24) is 0 Å². The molecule has 2 aromatic carbocycles. The Kier molecular flexibility index (Phi) is 3.20. The van der Waals surface area contributed by atoms with E-state index in [0.29, 0.717) is 5.69 Å². The molecule has 0 aliphatic carbocycles. The topological polar surface area (TPSA) is 38.0 Å². The van der Waals surface area contributed by atoms with Crippen molar-refractivity contribution in [2.24, 2.45) is 0 Å². The molecule has 0 amide bonds. The molecule has 17 heavy (non-hydrogen) atoms. The van der Waals surface area contributed by atoms with Crippen LogP contribution in [-0.2, 0) is 0 Å². The summed E-state index contributed by atoms with van der Waals surface area (Å²) in [4.78, 5) is 0. The minimum absolute atomic E-state index is 0.100. The highest BCUT2D eigenvalue weighted by Gasteiger charge is 2.03. The van der Waals surface area contributed by atoms with Gasteiger partial charge in [0.15, 0.2) is 0 Å².